The third kappa shape index (κ3) is 6.36. The van der Waals surface area contributed by atoms with Crippen LogP contribution in [0.3, 0.4) is 0 Å². The molecule has 40 heavy (non-hydrogen) atoms. The highest BCUT2D eigenvalue weighted by Crippen LogP contribution is 2.34. The average Bonchev–Trinajstić information content (AvgIpc) is 3.31. The number of pyridine rings is 1. The van der Waals surface area contributed by atoms with Gasteiger partial charge in [0, 0.05) is 60.2 Å². The molecule has 4 aromatic rings. The first-order valence-electron chi connectivity index (χ1n) is 12.6. The first-order valence-corrected chi connectivity index (χ1v) is 13.4. The number of carbonyl (C=O) groups excluding carboxylic acids is 1. The second kappa shape index (κ2) is 11.4. The Labute approximate surface area is 238 Å². The Morgan fingerprint density at radius 1 is 1.02 bits per heavy atom. The Morgan fingerprint density at radius 3 is 2.55 bits per heavy atom. The number of likely N-dealkylation sites (N-methyl/N-ethyl adjacent to an activating group) is 1. The van der Waals surface area contributed by atoms with E-state index in [-0.39, 0.29) is 23.4 Å². The third-order valence-corrected chi connectivity index (χ3v) is 7.31. The van der Waals surface area contributed by atoms with Crippen LogP contribution in [-0.2, 0) is 12.7 Å². The summed E-state index contributed by atoms with van der Waals surface area (Å²) in [6.45, 7) is 5.09. The smallest absolute Gasteiger partial charge is 0.322 e. The molecule has 0 saturated carbocycles. The molecule has 7 nitrogen and oxygen atoms in total. The zero-order valence-electron chi connectivity index (χ0n) is 21.9. The van der Waals surface area contributed by atoms with Crippen molar-refractivity contribution in [1.82, 2.24) is 24.4 Å². The van der Waals surface area contributed by atoms with Crippen molar-refractivity contribution in [2.75, 3.05) is 38.5 Å². The average molecular weight is 611 g/mol. The maximum atomic E-state index is 14.0. The number of alkyl halides is 3. The molecular formula is C29H26BrF3N6O. The molecule has 2 aromatic carbocycles. The van der Waals surface area contributed by atoms with E-state index in [0.29, 0.717) is 30.1 Å². The molecule has 1 saturated heterocycles. The molecule has 0 bridgehead atoms. The van der Waals surface area contributed by atoms with Crippen molar-refractivity contribution < 1.29 is 18.0 Å². The lowest BCUT2D eigenvalue weighted by atomic mass is 10.0. The number of nitrogens with zero attached hydrogens (tertiary/aromatic N) is 5. The molecule has 1 aliphatic heterocycles. The van der Waals surface area contributed by atoms with Crippen LogP contribution in [0.25, 0.3) is 5.65 Å². The number of nitrogens with one attached hydrogen (secondary N) is 1. The Hall–Kier alpha value is -3.72. The minimum atomic E-state index is -4.54. The number of halogens is 4. The van der Waals surface area contributed by atoms with Gasteiger partial charge >= 0.3 is 6.18 Å². The van der Waals surface area contributed by atoms with Gasteiger partial charge in [-0.1, -0.05) is 18.1 Å². The monoisotopic (exact) mass is 610 g/mol. The summed E-state index contributed by atoms with van der Waals surface area (Å²) in [6, 6.07) is 12.6. The van der Waals surface area contributed by atoms with Crippen molar-refractivity contribution in [2.24, 2.45) is 0 Å². The summed E-state index contributed by atoms with van der Waals surface area (Å²) in [6.07, 6.45) is -2.74. The lowest BCUT2D eigenvalue weighted by Crippen LogP contribution is -2.44. The van der Waals surface area contributed by atoms with Gasteiger partial charge in [0.2, 0.25) is 5.82 Å². The second-order valence-corrected chi connectivity index (χ2v) is 10.7. The van der Waals surface area contributed by atoms with E-state index in [9.17, 15) is 18.0 Å². The first-order chi connectivity index (χ1) is 19.1. The summed E-state index contributed by atoms with van der Waals surface area (Å²) < 4.78 is 44.5. The quantitative estimate of drug-likeness (QED) is 0.321. The molecule has 11 heteroatoms. The van der Waals surface area contributed by atoms with Crippen molar-refractivity contribution in [3.63, 3.8) is 0 Å². The second-order valence-electron chi connectivity index (χ2n) is 9.78. The Balaban J connectivity index is 1.35. The normalized spacial score (nSPS) is 14.7. The van der Waals surface area contributed by atoms with Gasteiger partial charge in [0.1, 0.15) is 0 Å². The highest BCUT2D eigenvalue weighted by atomic mass is 79.9. The largest absolute Gasteiger partial charge is 0.416 e. The van der Waals surface area contributed by atoms with Crippen molar-refractivity contribution in [3.8, 4) is 11.8 Å². The maximum absolute atomic E-state index is 14.0. The molecule has 0 atom stereocenters. The van der Waals surface area contributed by atoms with E-state index in [1.807, 2.05) is 37.2 Å². The maximum Gasteiger partial charge on any atom is 0.416 e. The Kier molecular flexibility index (Phi) is 7.94. The molecule has 0 spiro atoms. The number of aryl methyl sites for hydroxylation is 1. The topological polar surface area (TPSA) is 65.8 Å². The van der Waals surface area contributed by atoms with E-state index in [4.69, 9.17) is 0 Å². The zero-order chi connectivity index (χ0) is 28.4. The van der Waals surface area contributed by atoms with Gasteiger partial charge in [-0.3, -0.25) is 14.1 Å². The van der Waals surface area contributed by atoms with Gasteiger partial charge in [-0.05, 0) is 83.3 Å². The number of fused-ring (bicyclic) bond motifs is 1. The predicted molar refractivity (Wildman–Crippen MR) is 150 cm³/mol. The zero-order valence-corrected chi connectivity index (χ0v) is 23.5. The molecule has 1 amide bonds. The van der Waals surface area contributed by atoms with Gasteiger partial charge in [-0.25, -0.2) is 0 Å². The molecule has 1 aliphatic rings. The third-order valence-electron chi connectivity index (χ3n) is 6.84. The number of benzene rings is 2. The van der Waals surface area contributed by atoms with E-state index in [1.165, 1.54) is 12.1 Å². The summed E-state index contributed by atoms with van der Waals surface area (Å²) >= 11 is 3.42. The molecule has 0 unspecified atom stereocenters. The van der Waals surface area contributed by atoms with Crippen molar-refractivity contribution in [3.05, 3.63) is 92.8 Å². The van der Waals surface area contributed by atoms with Crippen LogP contribution in [0.1, 0.15) is 38.4 Å². The Morgan fingerprint density at radius 2 is 1.80 bits per heavy atom. The number of carbonyl (C=O) groups is 1. The van der Waals surface area contributed by atoms with E-state index >= 15 is 0 Å². The molecule has 1 fully saturated rings. The number of amides is 1. The van der Waals surface area contributed by atoms with Crippen LogP contribution in [-0.4, -0.2) is 63.5 Å². The number of hydrogen-bond donors (Lipinski definition) is 1. The van der Waals surface area contributed by atoms with Gasteiger partial charge in [0.25, 0.3) is 5.91 Å². The summed E-state index contributed by atoms with van der Waals surface area (Å²) in [5.41, 5.74) is 1.88. The van der Waals surface area contributed by atoms with Crippen LogP contribution >= 0.6 is 15.9 Å². The molecule has 3 heterocycles. The van der Waals surface area contributed by atoms with E-state index < -0.39 is 17.6 Å². The van der Waals surface area contributed by atoms with Crippen LogP contribution in [0, 0.1) is 18.8 Å². The van der Waals surface area contributed by atoms with Crippen LogP contribution in [0.5, 0.6) is 0 Å². The van der Waals surface area contributed by atoms with Crippen LogP contribution in [0.15, 0.2) is 59.2 Å². The molecular weight excluding hydrogens is 585 g/mol. The fraction of sp³-hybridized carbons (Fsp3) is 0.276. The molecule has 0 aliphatic carbocycles. The summed E-state index contributed by atoms with van der Waals surface area (Å²) in [4.78, 5) is 17.2. The summed E-state index contributed by atoms with van der Waals surface area (Å²) in [5, 5.41) is 10.8. The van der Waals surface area contributed by atoms with Crippen LogP contribution in [0.2, 0.25) is 0 Å². The predicted octanol–water partition coefficient (Wildman–Crippen LogP) is 5.22. The van der Waals surface area contributed by atoms with Crippen LogP contribution in [0.4, 0.5) is 18.9 Å². The molecule has 2 aromatic heterocycles. The van der Waals surface area contributed by atoms with Gasteiger partial charge in [-0.2, -0.15) is 13.2 Å². The highest BCUT2D eigenvalue weighted by Gasteiger charge is 2.34. The van der Waals surface area contributed by atoms with E-state index in [1.54, 1.807) is 22.6 Å². The standard InChI is InChI=1S/C29H26BrF3N6O/c1-19-3-4-21(15-20(19)6-9-26-35-36-27-10-7-23(30)18-39(26)27)28(40)34-24-8-5-22(25(16-24)29(31,32)33)17-38-13-11-37(2)12-14-38/h3-5,7-8,10,15-16,18H,11-14,17H2,1-2H3,(H,34,40). The summed E-state index contributed by atoms with van der Waals surface area (Å²) in [5.74, 6) is 5.93. The van der Waals surface area contributed by atoms with Gasteiger partial charge in [0.15, 0.2) is 5.65 Å². The van der Waals surface area contributed by atoms with Crippen molar-refractivity contribution >= 4 is 33.2 Å². The van der Waals surface area contributed by atoms with Crippen LogP contribution < -0.4 is 5.32 Å². The lowest BCUT2D eigenvalue weighted by Gasteiger charge is -2.33. The van der Waals surface area contributed by atoms with Gasteiger partial charge in [0.05, 0.1) is 5.56 Å². The molecule has 5 rings (SSSR count). The van der Waals surface area contributed by atoms with E-state index in [2.05, 4.69) is 48.2 Å². The molecule has 1 N–H and O–H groups in total. The number of anilines is 1. The van der Waals surface area contributed by atoms with Crippen molar-refractivity contribution in [2.45, 2.75) is 19.6 Å². The fourth-order valence-corrected chi connectivity index (χ4v) is 4.81. The number of piperazine rings is 1. The lowest BCUT2D eigenvalue weighted by molar-refractivity contribution is -0.138. The number of rotatable bonds is 4. The molecule has 206 valence electrons. The summed E-state index contributed by atoms with van der Waals surface area (Å²) in [7, 11) is 2.00. The Bertz CT molecular complexity index is 1630. The SMILES string of the molecule is Cc1ccc(C(=O)Nc2ccc(CN3CCN(C)CC3)c(C(F)(F)F)c2)cc1C#Cc1nnc2ccc(Br)cn12. The van der Waals surface area contributed by atoms with Crippen molar-refractivity contribution in [1.29, 1.82) is 0 Å². The minimum Gasteiger partial charge on any atom is -0.322 e. The number of aromatic nitrogens is 3. The first kappa shape index (κ1) is 27.8. The number of hydrogen-bond acceptors (Lipinski definition) is 5. The minimum absolute atomic E-state index is 0.0770. The van der Waals surface area contributed by atoms with E-state index in [0.717, 1.165) is 29.2 Å². The highest BCUT2D eigenvalue weighted by molar-refractivity contribution is 9.10. The molecule has 0 radical (unpaired) electrons. The van der Waals surface area contributed by atoms with Gasteiger partial charge in [-0.15, -0.1) is 10.2 Å². The fourth-order valence-electron chi connectivity index (χ4n) is 4.48. The van der Waals surface area contributed by atoms with Gasteiger partial charge < -0.3 is 10.2 Å².